The van der Waals surface area contributed by atoms with Gasteiger partial charge >= 0.3 is 0 Å². The fourth-order valence-corrected chi connectivity index (χ4v) is 2.91. The van der Waals surface area contributed by atoms with Crippen LogP contribution in [0.1, 0.15) is 56.2 Å². The minimum atomic E-state index is 0.557. The molecule has 3 rings (SSSR count). The predicted molar refractivity (Wildman–Crippen MR) is 78.6 cm³/mol. The molecule has 2 nitrogen and oxygen atoms in total. The van der Waals surface area contributed by atoms with E-state index in [1.807, 2.05) is 0 Å². The number of fused-ring (bicyclic) bond motifs is 1. The Labute approximate surface area is 116 Å². The number of aryl methyl sites for hydroxylation is 1. The molecule has 0 bridgehead atoms. The lowest BCUT2D eigenvalue weighted by molar-refractivity contribution is 0.299. The number of hydrogen-bond donors (Lipinski definition) is 1. The maximum Gasteiger partial charge on any atom is 0.119 e. The van der Waals surface area contributed by atoms with Gasteiger partial charge in [0.1, 0.15) is 5.75 Å². The monoisotopic (exact) mass is 259 g/mol. The van der Waals surface area contributed by atoms with Crippen molar-refractivity contribution >= 4 is 0 Å². The van der Waals surface area contributed by atoms with Crippen LogP contribution in [0.3, 0.4) is 0 Å². The van der Waals surface area contributed by atoms with E-state index in [9.17, 15) is 0 Å². The fraction of sp³-hybridized carbons (Fsp3) is 0.647. The van der Waals surface area contributed by atoms with Crippen molar-refractivity contribution in [2.75, 3.05) is 13.2 Å². The summed E-state index contributed by atoms with van der Waals surface area (Å²) < 4.78 is 5.89. The first kappa shape index (κ1) is 13.0. The van der Waals surface area contributed by atoms with Crippen molar-refractivity contribution in [2.24, 2.45) is 5.92 Å². The fourth-order valence-electron chi connectivity index (χ4n) is 2.91. The summed E-state index contributed by atoms with van der Waals surface area (Å²) in [6.07, 6.45) is 7.69. The van der Waals surface area contributed by atoms with Crippen molar-refractivity contribution in [1.82, 2.24) is 5.32 Å². The Morgan fingerprint density at radius 1 is 1.26 bits per heavy atom. The number of hydrogen-bond acceptors (Lipinski definition) is 2. The highest BCUT2D eigenvalue weighted by molar-refractivity contribution is 5.39. The van der Waals surface area contributed by atoms with Crippen molar-refractivity contribution in [3.63, 3.8) is 0 Å². The zero-order valence-corrected chi connectivity index (χ0v) is 12.0. The van der Waals surface area contributed by atoms with Gasteiger partial charge in [0.2, 0.25) is 0 Å². The maximum atomic E-state index is 5.89. The van der Waals surface area contributed by atoms with Crippen LogP contribution >= 0.6 is 0 Å². The van der Waals surface area contributed by atoms with Gasteiger partial charge in [-0.1, -0.05) is 13.0 Å². The van der Waals surface area contributed by atoms with Gasteiger partial charge in [-0.15, -0.1) is 0 Å². The first-order valence-corrected chi connectivity index (χ1v) is 7.86. The molecule has 1 aromatic carbocycles. The molecular formula is C17H25NO. The van der Waals surface area contributed by atoms with Gasteiger partial charge in [0, 0.05) is 6.04 Å². The van der Waals surface area contributed by atoms with E-state index >= 15 is 0 Å². The summed E-state index contributed by atoms with van der Waals surface area (Å²) in [4.78, 5) is 0. The summed E-state index contributed by atoms with van der Waals surface area (Å²) in [6, 6.07) is 7.27. The summed E-state index contributed by atoms with van der Waals surface area (Å²) in [5.41, 5.74) is 2.99. The van der Waals surface area contributed by atoms with Crippen LogP contribution in [0, 0.1) is 5.92 Å². The maximum absolute atomic E-state index is 5.89. The van der Waals surface area contributed by atoms with Gasteiger partial charge in [-0.05, 0) is 74.2 Å². The Bertz CT molecular complexity index is 425. The summed E-state index contributed by atoms with van der Waals surface area (Å²) in [5, 5.41) is 3.67. The molecule has 0 aromatic heterocycles. The molecule has 0 aliphatic heterocycles. The Morgan fingerprint density at radius 3 is 2.95 bits per heavy atom. The number of ether oxygens (including phenoxy) is 1. The zero-order valence-electron chi connectivity index (χ0n) is 12.0. The second kappa shape index (κ2) is 5.96. The lowest BCUT2D eigenvalue weighted by Gasteiger charge is -2.27. The Hall–Kier alpha value is -1.02. The zero-order chi connectivity index (χ0) is 13.1. The molecule has 0 heterocycles. The first-order chi connectivity index (χ1) is 9.36. The van der Waals surface area contributed by atoms with Crippen molar-refractivity contribution < 1.29 is 4.74 Å². The van der Waals surface area contributed by atoms with E-state index in [1.54, 1.807) is 0 Å². The van der Waals surface area contributed by atoms with E-state index in [2.05, 4.69) is 30.4 Å². The third kappa shape index (κ3) is 3.30. The summed E-state index contributed by atoms with van der Waals surface area (Å²) in [6.45, 7) is 4.26. The van der Waals surface area contributed by atoms with Crippen LogP contribution in [-0.2, 0) is 6.42 Å². The second-order valence-electron chi connectivity index (χ2n) is 6.01. The molecule has 2 heteroatoms. The lowest BCUT2D eigenvalue weighted by Crippen LogP contribution is -2.25. The average molecular weight is 259 g/mol. The van der Waals surface area contributed by atoms with E-state index in [0.29, 0.717) is 6.04 Å². The molecule has 0 spiro atoms. The van der Waals surface area contributed by atoms with Crippen molar-refractivity contribution in [1.29, 1.82) is 0 Å². The summed E-state index contributed by atoms with van der Waals surface area (Å²) >= 11 is 0. The third-order valence-electron chi connectivity index (χ3n) is 4.25. The van der Waals surface area contributed by atoms with Gasteiger partial charge in [0.25, 0.3) is 0 Å². The predicted octanol–water partition coefficient (Wildman–Crippen LogP) is 3.85. The Balaban J connectivity index is 1.68. The highest BCUT2D eigenvalue weighted by atomic mass is 16.5. The Kier molecular flexibility index (Phi) is 4.07. The van der Waals surface area contributed by atoms with Crippen molar-refractivity contribution in [3.8, 4) is 5.75 Å². The topological polar surface area (TPSA) is 21.3 Å². The van der Waals surface area contributed by atoms with Gasteiger partial charge in [-0.3, -0.25) is 0 Å². The van der Waals surface area contributed by atoms with Crippen LogP contribution in [0.25, 0.3) is 0 Å². The molecule has 2 aliphatic carbocycles. The smallest absolute Gasteiger partial charge is 0.119 e. The molecular weight excluding hydrogens is 234 g/mol. The van der Waals surface area contributed by atoms with E-state index in [-0.39, 0.29) is 0 Å². The van der Waals surface area contributed by atoms with Crippen LogP contribution < -0.4 is 10.1 Å². The highest BCUT2D eigenvalue weighted by Gasteiger charge is 2.23. The third-order valence-corrected chi connectivity index (χ3v) is 4.25. The van der Waals surface area contributed by atoms with E-state index in [1.165, 1.54) is 49.7 Å². The molecule has 104 valence electrons. The number of benzene rings is 1. The number of rotatable bonds is 6. The Morgan fingerprint density at radius 2 is 2.16 bits per heavy atom. The van der Waals surface area contributed by atoms with Crippen molar-refractivity contribution in [3.05, 3.63) is 29.3 Å². The van der Waals surface area contributed by atoms with Gasteiger partial charge in [-0.2, -0.15) is 0 Å². The van der Waals surface area contributed by atoms with Crippen LogP contribution in [0.2, 0.25) is 0 Å². The molecule has 0 amide bonds. The lowest BCUT2D eigenvalue weighted by atomic mass is 9.87. The van der Waals surface area contributed by atoms with Crippen LogP contribution in [0.15, 0.2) is 18.2 Å². The van der Waals surface area contributed by atoms with Gasteiger partial charge < -0.3 is 10.1 Å². The molecule has 0 saturated heterocycles. The quantitative estimate of drug-likeness (QED) is 0.837. The van der Waals surface area contributed by atoms with Crippen LogP contribution in [0.4, 0.5) is 0 Å². The molecule has 1 saturated carbocycles. The van der Waals surface area contributed by atoms with Gasteiger partial charge in [-0.25, -0.2) is 0 Å². The van der Waals surface area contributed by atoms with E-state index in [0.717, 1.165) is 24.8 Å². The molecule has 1 unspecified atom stereocenters. The average Bonchev–Trinajstić information content (AvgIpc) is 3.26. The largest absolute Gasteiger partial charge is 0.493 e. The normalized spacial score (nSPS) is 22.1. The van der Waals surface area contributed by atoms with Crippen LogP contribution in [0.5, 0.6) is 5.75 Å². The van der Waals surface area contributed by atoms with Gasteiger partial charge in [0.05, 0.1) is 6.61 Å². The minimum Gasteiger partial charge on any atom is -0.493 e. The SMILES string of the molecule is CCCNC1CCCc2cc(OCC3CC3)ccc21. The van der Waals surface area contributed by atoms with Crippen LogP contribution in [-0.4, -0.2) is 13.2 Å². The number of nitrogens with one attached hydrogen (secondary N) is 1. The van der Waals surface area contributed by atoms with Gasteiger partial charge in [0.15, 0.2) is 0 Å². The highest BCUT2D eigenvalue weighted by Crippen LogP contribution is 2.33. The second-order valence-corrected chi connectivity index (χ2v) is 6.01. The molecule has 1 aromatic rings. The summed E-state index contributed by atoms with van der Waals surface area (Å²) in [7, 11) is 0. The molecule has 19 heavy (non-hydrogen) atoms. The van der Waals surface area contributed by atoms with E-state index < -0.39 is 0 Å². The minimum absolute atomic E-state index is 0.557. The van der Waals surface area contributed by atoms with E-state index in [4.69, 9.17) is 4.74 Å². The molecule has 2 aliphatic rings. The molecule has 1 fully saturated rings. The first-order valence-electron chi connectivity index (χ1n) is 7.86. The molecule has 1 atom stereocenters. The molecule has 0 radical (unpaired) electrons. The van der Waals surface area contributed by atoms with Crippen molar-refractivity contribution in [2.45, 2.75) is 51.5 Å². The summed E-state index contributed by atoms with van der Waals surface area (Å²) in [5.74, 6) is 1.90. The molecule has 1 N–H and O–H groups in total. The standard InChI is InChI=1S/C17H25NO/c1-2-10-18-17-5-3-4-14-11-15(8-9-16(14)17)19-12-13-6-7-13/h8-9,11,13,17-18H,2-7,10,12H2,1H3.